The Morgan fingerprint density at radius 1 is 1.00 bits per heavy atom. The smallest absolute Gasteiger partial charge is 0.258 e. The molecule has 0 saturated heterocycles. The first-order valence-corrected chi connectivity index (χ1v) is 6.66. The zero-order valence-electron chi connectivity index (χ0n) is 11.5. The lowest BCUT2D eigenvalue weighted by Gasteiger charge is -2.01. The van der Waals surface area contributed by atoms with Crippen LogP contribution < -0.4 is 5.32 Å². The fraction of sp³-hybridized carbons (Fsp3) is 0. The Labute approximate surface area is 126 Å². The summed E-state index contributed by atoms with van der Waals surface area (Å²) in [5, 5.41) is 6.45. The van der Waals surface area contributed by atoms with Gasteiger partial charge < -0.3 is 4.52 Å². The van der Waals surface area contributed by atoms with E-state index in [0.717, 1.165) is 5.56 Å². The highest BCUT2D eigenvalue weighted by Gasteiger charge is 2.19. The average molecular weight is 292 g/mol. The summed E-state index contributed by atoms with van der Waals surface area (Å²) in [7, 11) is 0. The first-order valence-electron chi connectivity index (χ1n) is 6.66. The second-order valence-corrected chi connectivity index (χ2v) is 4.58. The van der Waals surface area contributed by atoms with E-state index in [0.29, 0.717) is 17.5 Å². The van der Waals surface area contributed by atoms with Crippen LogP contribution in [-0.2, 0) is 0 Å². The lowest BCUT2D eigenvalue weighted by molar-refractivity contribution is 0.102. The Hall–Kier alpha value is -3.21. The molecule has 5 heteroatoms. The molecule has 0 aliphatic carbocycles. The van der Waals surface area contributed by atoms with Crippen molar-refractivity contribution in [1.82, 2.24) is 5.16 Å². The lowest BCUT2D eigenvalue weighted by atomic mass is 10.1. The summed E-state index contributed by atoms with van der Waals surface area (Å²) in [4.78, 5) is 23.5. The number of hydrogen-bond donors (Lipinski definition) is 1. The Kier molecular flexibility index (Phi) is 3.78. The van der Waals surface area contributed by atoms with Crippen molar-refractivity contribution in [1.29, 1.82) is 0 Å². The van der Waals surface area contributed by atoms with Crippen LogP contribution in [0.2, 0.25) is 0 Å². The highest BCUT2D eigenvalue weighted by molar-refractivity contribution is 6.06. The highest BCUT2D eigenvalue weighted by atomic mass is 16.5. The van der Waals surface area contributed by atoms with Crippen LogP contribution in [0.15, 0.2) is 65.2 Å². The number of rotatable bonds is 4. The molecule has 0 radical (unpaired) electrons. The van der Waals surface area contributed by atoms with E-state index in [2.05, 4.69) is 10.5 Å². The Bertz CT molecular complexity index is 795. The van der Waals surface area contributed by atoms with Gasteiger partial charge in [-0.15, -0.1) is 0 Å². The fourth-order valence-electron chi connectivity index (χ4n) is 2.07. The SMILES string of the molecule is O=Cc1c(-c2ccccc2)noc1NC(=O)c1ccccc1. The molecule has 1 N–H and O–H groups in total. The summed E-state index contributed by atoms with van der Waals surface area (Å²) < 4.78 is 5.12. The van der Waals surface area contributed by atoms with Crippen molar-refractivity contribution in [3.63, 3.8) is 0 Å². The molecular formula is C17H12N2O3. The standard InChI is InChI=1S/C17H12N2O3/c20-11-14-15(12-7-3-1-4-8-12)19-22-17(14)18-16(21)13-9-5-2-6-10-13/h1-11H,(H,18,21). The third-order valence-corrected chi connectivity index (χ3v) is 3.16. The molecule has 0 spiro atoms. The zero-order chi connectivity index (χ0) is 15.4. The molecule has 0 aliphatic rings. The number of aromatic nitrogens is 1. The summed E-state index contributed by atoms with van der Waals surface area (Å²) in [5.41, 5.74) is 1.83. The van der Waals surface area contributed by atoms with E-state index in [-0.39, 0.29) is 17.4 Å². The number of hydrogen-bond acceptors (Lipinski definition) is 4. The second-order valence-electron chi connectivity index (χ2n) is 4.58. The number of amides is 1. The number of carbonyl (C=O) groups excluding carboxylic acids is 2. The fourth-order valence-corrected chi connectivity index (χ4v) is 2.07. The summed E-state index contributed by atoms with van der Waals surface area (Å²) >= 11 is 0. The number of nitrogens with zero attached hydrogens (tertiary/aromatic N) is 1. The van der Waals surface area contributed by atoms with Gasteiger partial charge in [0.1, 0.15) is 11.3 Å². The monoisotopic (exact) mass is 292 g/mol. The van der Waals surface area contributed by atoms with Crippen molar-refractivity contribution < 1.29 is 14.1 Å². The molecule has 1 amide bonds. The highest BCUT2D eigenvalue weighted by Crippen LogP contribution is 2.27. The van der Waals surface area contributed by atoms with Crippen LogP contribution >= 0.6 is 0 Å². The number of nitrogens with one attached hydrogen (secondary N) is 1. The average Bonchev–Trinajstić information content (AvgIpc) is 2.99. The van der Waals surface area contributed by atoms with Crippen molar-refractivity contribution in [2.24, 2.45) is 0 Å². The number of anilines is 1. The lowest BCUT2D eigenvalue weighted by Crippen LogP contribution is -2.12. The number of benzene rings is 2. The Morgan fingerprint density at radius 2 is 1.64 bits per heavy atom. The second kappa shape index (κ2) is 6.05. The minimum Gasteiger partial charge on any atom is -0.337 e. The topological polar surface area (TPSA) is 72.2 Å². The van der Waals surface area contributed by atoms with Crippen molar-refractivity contribution >= 4 is 18.1 Å². The van der Waals surface area contributed by atoms with Crippen LogP contribution in [0.5, 0.6) is 0 Å². The molecule has 0 fully saturated rings. The van der Waals surface area contributed by atoms with Gasteiger partial charge >= 0.3 is 0 Å². The molecule has 0 saturated carbocycles. The first-order chi connectivity index (χ1) is 10.8. The predicted molar refractivity (Wildman–Crippen MR) is 81.7 cm³/mol. The Balaban J connectivity index is 1.91. The van der Waals surface area contributed by atoms with Crippen molar-refractivity contribution in [2.75, 3.05) is 5.32 Å². The zero-order valence-corrected chi connectivity index (χ0v) is 11.5. The molecule has 0 bridgehead atoms. The van der Waals surface area contributed by atoms with Crippen LogP contribution in [0, 0.1) is 0 Å². The van der Waals surface area contributed by atoms with Gasteiger partial charge in [-0.3, -0.25) is 14.9 Å². The largest absolute Gasteiger partial charge is 0.337 e. The molecule has 0 atom stereocenters. The van der Waals surface area contributed by atoms with E-state index in [4.69, 9.17) is 4.52 Å². The maximum atomic E-state index is 12.1. The third kappa shape index (κ3) is 2.64. The molecular weight excluding hydrogens is 280 g/mol. The minimum absolute atomic E-state index is 0.0442. The first kappa shape index (κ1) is 13.8. The van der Waals surface area contributed by atoms with Gasteiger partial charge in [-0.25, -0.2) is 0 Å². The van der Waals surface area contributed by atoms with Gasteiger partial charge in [-0.2, -0.15) is 0 Å². The predicted octanol–water partition coefficient (Wildman–Crippen LogP) is 3.41. The van der Waals surface area contributed by atoms with Crippen molar-refractivity contribution in [2.45, 2.75) is 0 Å². The maximum Gasteiger partial charge on any atom is 0.258 e. The van der Waals surface area contributed by atoms with Gasteiger partial charge in [0.15, 0.2) is 6.29 Å². The number of carbonyl (C=O) groups is 2. The van der Waals surface area contributed by atoms with Crippen LogP contribution in [0.3, 0.4) is 0 Å². The van der Waals surface area contributed by atoms with E-state index in [1.54, 1.807) is 24.3 Å². The molecule has 1 aromatic heterocycles. The quantitative estimate of drug-likeness (QED) is 0.748. The molecule has 0 unspecified atom stereocenters. The number of aldehydes is 1. The van der Waals surface area contributed by atoms with Gasteiger partial charge in [-0.05, 0) is 12.1 Å². The van der Waals surface area contributed by atoms with Gasteiger partial charge in [0.2, 0.25) is 5.88 Å². The van der Waals surface area contributed by atoms with Crippen LogP contribution in [-0.4, -0.2) is 17.4 Å². The summed E-state index contributed by atoms with van der Waals surface area (Å²) in [6, 6.07) is 17.8. The molecule has 2 aromatic carbocycles. The molecule has 108 valence electrons. The van der Waals surface area contributed by atoms with E-state index in [1.165, 1.54) is 0 Å². The van der Waals surface area contributed by atoms with E-state index in [1.807, 2.05) is 36.4 Å². The van der Waals surface area contributed by atoms with Crippen molar-refractivity contribution in [3.8, 4) is 11.3 Å². The van der Waals surface area contributed by atoms with Crippen molar-refractivity contribution in [3.05, 3.63) is 71.8 Å². The Morgan fingerprint density at radius 3 is 2.27 bits per heavy atom. The summed E-state index contributed by atoms with van der Waals surface area (Å²) in [5.74, 6) is -0.317. The normalized spacial score (nSPS) is 10.2. The van der Waals surface area contributed by atoms with Gasteiger partial charge in [-0.1, -0.05) is 53.7 Å². The summed E-state index contributed by atoms with van der Waals surface area (Å²) in [6.45, 7) is 0. The molecule has 1 heterocycles. The third-order valence-electron chi connectivity index (χ3n) is 3.16. The molecule has 5 nitrogen and oxygen atoms in total. The molecule has 3 aromatic rings. The molecule has 3 rings (SSSR count). The van der Waals surface area contributed by atoms with Crippen LogP contribution in [0.4, 0.5) is 5.88 Å². The molecule has 0 aliphatic heterocycles. The van der Waals surface area contributed by atoms with E-state index >= 15 is 0 Å². The summed E-state index contributed by atoms with van der Waals surface area (Å²) in [6.07, 6.45) is 0.624. The maximum absolute atomic E-state index is 12.1. The van der Waals surface area contributed by atoms with Gasteiger partial charge in [0.25, 0.3) is 5.91 Å². The van der Waals surface area contributed by atoms with Crippen LogP contribution in [0.25, 0.3) is 11.3 Å². The minimum atomic E-state index is -0.362. The van der Waals surface area contributed by atoms with Crippen LogP contribution in [0.1, 0.15) is 20.7 Å². The van der Waals surface area contributed by atoms with Gasteiger partial charge in [0, 0.05) is 11.1 Å². The van der Waals surface area contributed by atoms with E-state index in [9.17, 15) is 9.59 Å². The molecule has 22 heavy (non-hydrogen) atoms. The van der Waals surface area contributed by atoms with E-state index < -0.39 is 0 Å². The van der Waals surface area contributed by atoms with Gasteiger partial charge in [0.05, 0.1) is 0 Å².